The molecule has 0 spiro atoms. The van der Waals surface area contributed by atoms with Gasteiger partial charge in [-0.1, -0.05) is 18.2 Å². The van der Waals surface area contributed by atoms with Crippen LogP contribution in [0.3, 0.4) is 0 Å². The van der Waals surface area contributed by atoms with E-state index in [0.717, 1.165) is 11.1 Å². The molecule has 2 aromatic rings. The number of benzene rings is 2. The first kappa shape index (κ1) is 21.1. The summed E-state index contributed by atoms with van der Waals surface area (Å²) in [6.07, 6.45) is 0. The van der Waals surface area contributed by atoms with Gasteiger partial charge in [0.2, 0.25) is 11.7 Å². The second-order valence-corrected chi connectivity index (χ2v) is 6.25. The van der Waals surface area contributed by atoms with E-state index >= 15 is 0 Å². The van der Waals surface area contributed by atoms with Crippen LogP contribution >= 0.6 is 0 Å². The van der Waals surface area contributed by atoms with Crippen molar-refractivity contribution in [2.75, 3.05) is 27.9 Å². The second-order valence-electron chi connectivity index (χ2n) is 6.25. The molecular weight excluding hydrogens is 360 g/mol. The zero-order valence-electron chi connectivity index (χ0n) is 16.8. The van der Waals surface area contributed by atoms with Crippen molar-refractivity contribution in [3.8, 4) is 17.2 Å². The summed E-state index contributed by atoms with van der Waals surface area (Å²) in [4.78, 5) is 24.5. The molecule has 2 rings (SSSR count). The molecule has 0 aliphatic heterocycles. The van der Waals surface area contributed by atoms with Gasteiger partial charge >= 0.3 is 0 Å². The van der Waals surface area contributed by atoms with Crippen LogP contribution in [0.4, 0.5) is 0 Å². The summed E-state index contributed by atoms with van der Waals surface area (Å²) >= 11 is 0. The van der Waals surface area contributed by atoms with E-state index < -0.39 is 0 Å². The monoisotopic (exact) mass is 386 g/mol. The molecule has 0 aromatic heterocycles. The van der Waals surface area contributed by atoms with Crippen molar-refractivity contribution >= 4 is 11.8 Å². The summed E-state index contributed by atoms with van der Waals surface area (Å²) in [5, 5.41) is 5.49. The quantitative estimate of drug-likeness (QED) is 0.728. The van der Waals surface area contributed by atoms with Crippen LogP contribution in [0, 0.1) is 6.92 Å². The van der Waals surface area contributed by atoms with Crippen molar-refractivity contribution in [2.45, 2.75) is 19.9 Å². The molecule has 150 valence electrons. The van der Waals surface area contributed by atoms with Gasteiger partial charge in [-0.05, 0) is 43.2 Å². The minimum atomic E-state index is -0.323. The van der Waals surface area contributed by atoms with Gasteiger partial charge < -0.3 is 24.8 Å². The van der Waals surface area contributed by atoms with Crippen molar-refractivity contribution in [3.63, 3.8) is 0 Å². The van der Waals surface area contributed by atoms with Crippen LogP contribution in [0.5, 0.6) is 17.2 Å². The molecule has 0 aliphatic rings. The van der Waals surface area contributed by atoms with E-state index in [1.54, 1.807) is 24.3 Å². The third-order valence-electron chi connectivity index (χ3n) is 4.36. The highest BCUT2D eigenvalue weighted by atomic mass is 16.5. The van der Waals surface area contributed by atoms with Crippen molar-refractivity contribution in [1.29, 1.82) is 0 Å². The Balaban J connectivity index is 2.02. The Kier molecular flexibility index (Phi) is 7.26. The zero-order chi connectivity index (χ0) is 20.7. The van der Waals surface area contributed by atoms with E-state index in [-0.39, 0.29) is 24.4 Å². The molecule has 0 saturated carbocycles. The predicted octanol–water partition coefficient (Wildman–Crippen LogP) is 2.63. The smallest absolute Gasteiger partial charge is 0.251 e. The number of rotatable bonds is 8. The van der Waals surface area contributed by atoms with Crippen molar-refractivity contribution in [3.05, 3.63) is 53.1 Å². The summed E-state index contributed by atoms with van der Waals surface area (Å²) in [7, 11) is 4.60. The maximum absolute atomic E-state index is 12.3. The third kappa shape index (κ3) is 4.94. The number of carbonyl (C=O) groups is 2. The maximum atomic E-state index is 12.3. The summed E-state index contributed by atoms with van der Waals surface area (Å²) in [6, 6.07) is 10.4. The fourth-order valence-corrected chi connectivity index (χ4v) is 2.81. The number of nitrogens with one attached hydrogen (secondary N) is 2. The maximum Gasteiger partial charge on any atom is 0.251 e. The van der Waals surface area contributed by atoms with E-state index in [9.17, 15) is 9.59 Å². The molecule has 0 saturated heterocycles. The summed E-state index contributed by atoms with van der Waals surface area (Å²) in [5.41, 5.74) is 2.19. The van der Waals surface area contributed by atoms with Crippen LogP contribution in [0.25, 0.3) is 0 Å². The van der Waals surface area contributed by atoms with Gasteiger partial charge in [0.25, 0.3) is 5.91 Å². The molecule has 7 nitrogen and oxygen atoms in total. The molecule has 2 N–H and O–H groups in total. The highest BCUT2D eigenvalue weighted by Crippen LogP contribution is 2.39. The van der Waals surface area contributed by atoms with Gasteiger partial charge in [0.15, 0.2) is 11.5 Å². The van der Waals surface area contributed by atoms with Crippen molar-refractivity contribution in [2.24, 2.45) is 0 Å². The third-order valence-corrected chi connectivity index (χ3v) is 4.36. The number of amides is 2. The molecule has 2 amide bonds. The first-order valence-electron chi connectivity index (χ1n) is 8.84. The summed E-state index contributed by atoms with van der Waals surface area (Å²) in [5.74, 6) is 0.909. The fraction of sp³-hybridized carbons (Fsp3) is 0.333. The van der Waals surface area contributed by atoms with E-state index in [4.69, 9.17) is 14.2 Å². The van der Waals surface area contributed by atoms with Gasteiger partial charge in [0, 0.05) is 5.56 Å². The highest BCUT2D eigenvalue weighted by Gasteiger charge is 2.18. The number of carbonyl (C=O) groups excluding carboxylic acids is 2. The minimum Gasteiger partial charge on any atom is -0.493 e. The SMILES string of the molecule is COc1cc(C(C)NC(=O)CNC(=O)c2ccccc2C)cc(OC)c1OC. The van der Waals surface area contributed by atoms with Crippen LogP contribution in [0.15, 0.2) is 36.4 Å². The van der Waals surface area contributed by atoms with Gasteiger partial charge in [0.1, 0.15) is 0 Å². The predicted molar refractivity (Wildman–Crippen MR) is 106 cm³/mol. The van der Waals surface area contributed by atoms with Crippen molar-refractivity contribution in [1.82, 2.24) is 10.6 Å². The van der Waals surface area contributed by atoms with Crippen LogP contribution < -0.4 is 24.8 Å². The van der Waals surface area contributed by atoms with E-state index in [1.807, 2.05) is 26.0 Å². The topological polar surface area (TPSA) is 85.9 Å². The number of aryl methyl sites for hydroxylation is 1. The highest BCUT2D eigenvalue weighted by molar-refractivity contribution is 5.97. The van der Waals surface area contributed by atoms with Gasteiger partial charge in [-0.3, -0.25) is 9.59 Å². The average molecular weight is 386 g/mol. The van der Waals surface area contributed by atoms with Gasteiger partial charge in [-0.15, -0.1) is 0 Å². The Hall–Kier alpha value is -3.22. The molecule has 0 aliphatic carbocycles. The molecule has 1 unspecified atom stereocenters. The van der Waals surface area contributed by atoms with Crippen LogP contribution in [0.2, 0.25) is 0 Å². The van der Waals surface area contributed by atoms with Gasteiger partial charge in [-0.2, -0.15) is 0 Å². The van der Waals surface area contributed by atoms with E-state index in [2.05, 4.69) is 10.6 Å². The first-order chi connectivity index (χ1) is 13.4. The normalized spacial score (nSPS) is 11.3. The summed E-state index contributed by atoms with van der Waals surface area (Å²) < 4.78 is 16.0. The average Bonchev–Trinajstić information content (AvgIpc) is 2.70. The Morgan fingerprint density at radius 1 is 1.00 bits per heavy atom. The largest absolute Gasteiger partial charge is 0.493 e. The molecule has 0 radical (unpaired) electrons. The molecule has 2 aromatic carbocycles. The number of methoxy groups -OCH3 is 3. The second kappa shape index (κ2) is 9.64. The van der Waals surface area contributed by atoms with Crippen LogP contribution in [-0.2, 0) is 4.79 Å². The van der Waals surface area contributed by atoms with Gasteiger partial charge in [0.05, 0.1) is 33.9 Å². The molecule has 0 heterocycles. The molecule has 28 heavy (non-hydrogen) atoms. The van der Waals surface area contributed by atoms with E-state index in [1.165, 1.54) is 21.3 Å². The first-order valence-corrected chi connectivity index (χ1v) is 8.84. The zero-order valence-corrected chi connectivity index (χ0v) is 16.8. The molecular formula is C21H26N2O5. The minimum absolute atomic E-state index is 0.123. The van der Waals surface area contributed by atoms with Crippen LogP contribution in [0.1, 0.15) is 34.5 Å². The lowest BCUT2D eigenvalue weighted by atomic mass is 10.1. The molecule has 7 heteroatoms. The van der Waals surface area contributed by atoms with Gasteiger partial charge in [-0.25, -0.2) is 0 Å². The van der Waals surface area contributed by atoms with E-state index in [0.29, 0.717) is 22.8 Å². The molecule has 0 fully saturated rings. The standard InChI is InChI=1S/C21H26N2O5/c1-13-8-6-7-9-16(13)21(25)22-12-19(24)23-14(2)15-10-17(26-3)20(28-5)18(11-15)27-4/h6-11,14H,12H2,1-5H3,(H,22,25)(H,23,24). The Bertz CT molecular complexity index is 825. The van der Waals surface area contributed by atoms with Crippen LogP contribution in [-0.4, -0.2) is 39.7 Å². The Labute approximate surface area is 165 Å². The molecule has 1 atom stereocenters. The Morgan fingerprint density at radius 3 is 2.14 bits per heavy atom. The lowest BCUT2D eigenvalue weighted by molar-refractivity contribution is -0.120. The lowest BCUT2D eigenvalue weighted by Gasteiger charge is -2.19. The number of hydrogen-bond donors (Lipinski definition) is 2. The summed E-state index contributed by atoms with van der Waals surface area (Å²) in [6.45, 7) is 3.56. The number of ether oxygens (including phenoxy) is 3. The lowest BCUT2D eigenvalue weighted by Crippen LogP contribution is -2.38. The van der Waals surface area contributed by atoms with Crippen molar-refractivity contribution < 1.29 is 23.8 Å². The fourth-order valence-electron chi connectivity index (χ4n) is 2.81. The number of hydrogen-bond acceptors (Lipinski definition) is 5. The Morgan fingerprint density at radius 2 is 1.61 bits per heavy atom. The molecule has 0 bridgehead atoms.